The average Bonchev–Trinajstić information content (AvgIpc) is 2.54. The van der Waals surface area contributed by atoms with Crippen LogP contribution in [0.4, 0.5) is 0 Å². The Morgan fingerprint density at radius 1 is 1.18 bits per heavy atom. The highest BCUT2D eigenvalue weighted by Crippen LogP contribution is 2.21. The van der Waals surface area contributed by atoms with E-state index in [0.29, 0.717) is 0 Å². The van der Waals surface area contributed by atoms with Crippen LogP contribution in [-0.4, -0.2) is 63.8 Å². The second kappa shape index (κ2) is 14.5. The van der Waals surface area contributed by atoms with Crippen LogP contribution in [-0.2, 0) is 4.74 Å². The summed E-state index contributed by atoms with van der Waals surface area (Å²) >= 11 is 0. The molecule has 0 aromatic rings. The van der Waals surface area contributed by atoms with E-state index in [-0.39, 0.29) is 24.0 Å². The van der Waals surface area contributed by atoms with Gasteiger partial charge in [-0.1, -0.05) is 19.3 Å². The van der Waals surface area contributed by atoms with Crippen molar-refractivity contribution in [2.24, 2.45) is 4.99 Å². The summed E-state index contributed by atoms with van der Waals surface area (Å²) in [7, 11) is 4.08. The van der Waals surface area contributed by atoms with E-state index in [4.69, 9.17) is 4.74 Å². The maximum atomic E-state index is 5.30. The number of guanidine groups is 1. The van der Waals surface area contributed by atoms with Crippen molar-refractivity contribution >= 4 is 29.9 Å². The predicted octanol–water partition coefficient (Wildman–Crippen LogP) is 2.46. The molecular formula is C16H35IN4O. The van der Waals surface area contributed by atoms with Gasteiger partial charge in [0.15, 0.2) is 5.96 Å². The van der Waals surface area contributed by atoms with E-state index < -0.39 is 0 Å². The van der Waals surface area contributed by atoms with Gasteiger partial charge in [0.1, 0.15) is 0 Å². The van der Waals surface area contributed by atoms with Crippen LogP contribution in [0.2, 0.25) is 0 Å². The summed E-state index contributed by atoms with van der Waals surface area (Å²) in [4.78, 5) is 6.75. The number of aliphatic imine (C=N–C) groups is 1. The molecule has 1 rings (SSSR count). The van der Waals surface area contributed by atoms with E-state index in [1.165, 1.54) is 32.1 Å². The number of hydrogen-bond acceptors (Lipinski definition) is 3. The molecule has 0 radical (unpaired) electrons. The van der Waals surface area contributed by atoms with Gasteiger partial charge in [0, 0.05) is 32.8 Å². The highest BCUT2D eigenvalue weighted by Gasteiger charge is 2.17. The molecule has 22 heavy (non-hydrogen) atoms. The SMILES string of the molecule is CCOCCNC(=NC)NCCCN(C)C1CCCCC1.I. The van der Waals surface area contributed by atoms with Crippen molar-refractivity contribution < 1.29 is 4.74 Å². The lowest BCUT2D eigenvalue weighted by atomic mass is 9.94. The zero-order valence-electron chi connectivity index (χ0n) is 14.6. The Kier molecular flexibility index (Phi) is 14.5. The first kappa shape index (κ1) is 21.9. The van der Waals surface area contributed by atoms with E-state index in [1.807, 2.05) is 14.0 Å². The summed E-state index contributed by atoms with van der Waals surface area (Å²) in [6.07, 6.45) is 8.15. The molecule has 0 amide bonds. The molecule has 0 aromatic heterocycles. The molecule has 0 aromatic carbocycles. The fraction of sp³-hybridized carbons (Fsp3) is 0.938. The van der Waals surface area contributed by atoms with Gasteiger partial charge >= 0.3 is 0 Å². The topological polar surface area (TPSA) is 48.9 Å². The fourth-order valence-corrected chi connectivity index (χ4v) is 2.85. The number of nitrogens with one attached hydrogen (secondary N) is 2. The first-order valence-electron chi connectivity index (χ1n) is 8.50. The van der Waals surface area contributed by atoms with Crippen molar-refractivity contribution in [1.82, 2.24) is 15.5 Å². The third-order valence-electron chi connectivity index (χ3n) is 4.14. The highest BCUT2D eigenvalue weighted by atomic mass is 127. The molecule has 1 fully saturated rings. The quantitative estimate of drug-likeness (QED) is 0.258. The molecule has 2 N–H and O–H groups in total. The molecule has 1 saturated carbocycles. The first-order chi connectivity index (χ1) is 10.3. The minimum absolute atomic E-state index is 0. The van der Waals surface area contributed by atoms with Crippen molar-refractivity contribution in [3.8, 4) is 0 Å². The van der Waals surface area contributed by atoms with E-state index in [1.54, 1.807) is 0 Å². The maximum absolute atomic E-state index is 5.30. The van der Waals surface area contributed by atoms with Gasteiger partial charge < -0.3 is 20.3 Å². The van der Waals surface area contributed by atoms with Gasteiger partial charge in [0.05, 0.1) is 6.61 Å². The van der Waals surface area contributed by atoms with Gasteiger partial charge in [-0.25, -0.2) is 0 Å². The van der Waals surface area contributed by atoms with E-state index in [2.05, 4.69) is 27.6 Å². The Hall–Kier alpha value is -0.0800. The Labute approximate surface area is 153 Å². The molecule has 0 heterocycles. The molecule has 1 aliphatic carbocycles. The van der Waals surface area contributed by atoms with Crippen LogP contribution in [0, 0.1) is 0 Å². The summed E-state index contributed by atoms with van der Waals surface area (Å²) in [5.74, 6) is 0.870. The van der Waals surface area contributed by atoms with Crippen molar-refractivity contribution in [2.45, 2.75) is 51.5 Å². The zero-order chi connectivity index (χ0) is 15.3. The Morgan fingerprint density at radius 3 is 2.50 bits per heavy atom. The third-order valence-corrected chi connectivity index (χ3v) is 4.14. The molecule has 6 heteroatoms. The molecule has 0 saturated heterocycles. The largest absolute Gasteiger partial charge is 0.380 e. The van der Waals surface area contributed by atoms with Crippen molar-refractivity contribution in [3.05, 3.63) is 0 Å². The van der Waals surface area contributed by atoms with Crippen molar-refractivity contribution in [2.75, 3.05) is 46.9 Å². The van der Waals surface area contributed by atoms with Gasteiger partial charge in [-0.3, -0.25) is 4.99 Å². The lowest BCUT2D eigenvalue weighted by Gasteiger charge is -2.31. The number of ether oxygens (including phenoxy) is 1. The summed E-state index contributed by atoms with van der Waals surface area (Å²) in [6, 6.07) is 0.808. The van der Waals surface area contributed by atoms with Gasteiger partial charge in [-0.05, 0) is 39.8 Å². The summed E-state index contributed by atoms with van der Waals surface area (Å²) in [6.45, 7) is 6.42. The standard InChI is InChI=1S/C16H34N4O.HI/c1-4-21-14-12-19-16(17-2)18-11-8-13-20(3)15-9-6-5-7-10-15;/h15H,4-14H2,1-3H3,(H2,17,18,19);1H. The van der Waals surface area contributed by atoms with Crippen LogP contribution < -0.4 is 10.6 Å². The maximum Gasteiger partial charge on any atom is 0.191 e. The molecule has 0 spiro atoms. The molecule has 1 aliphatic rings. The lowest BCUT2D eigenvalue weighted by Crippen LogP contribution is -2.40. The number of halogens is 1. The number of hydrogen-bond donors (Lipinski definition) is 2. The van der Waals surface area contributed by atoms with E-state index in [0.717, 1.165) is 51.3 Å². The molecule has 132 valence electrons. The van der Waals surface area contributed by atoms with Crippen molar-refractivity contribution in [3.63, 3.8) is 0 Å². The first-order valence-corrected chi connectivity index (χ1v) is 8.50. The lowest BCUT2D eigenvalue weighted by molar-refractivity contribution is 0.152. The Morgan fingerprint density at radius 2 is 1.86 bits per heavy atom. The highest BCUT2D eigenvalue weighted by molar-refractivity contribution is 14.0. The molecule has 0 atom stereocenters. The summed E-state index contributed by atoms with van der Waals surface area (Å²) in [5.41, 5.74) is 0. The van der Waals surface area contributed by atoms with Gasteiger partial charge in [-0.2, -0.15) is 0 Å². The van der Waals surface area contributed by atoms with E-state index >= 15 is 0 Å². The van der Waals surface area contributed by atoms with Crippen LogP contribution in [0.1, 0.15) is 45.4 Å². The van der Waals surface area contributed by atoms with Crippen LogP contribution in [0.25, 0.3) is 0 Å². The van der Waals surface area contributed by atoms with E-state index in [9.17, 15) is 0 Å². The van der Waals surface area contributed by atoms with Gasteiger partial charge in [0.2, 0.25) is 0 Å². The normalized spacial score (nSPS) is 16.5. The van der Waals surface area contributed by atoms with Crippen LogP contribution >= 0.6 is 24.0 Å². The second-order valence-electron chi connectivity index (χ2n) is 5.75. The second-order valence-corrected chi connectivity index (χ2v) is 5.75. The number of nitrogens with zero attached hydrogens (tertiary/aromatic N) is 2. The van der Waals surface area contributed by atoms with Gasteiger partial charge in [0.25, 0.3) is 0 Å². The zero-order valence-corrected chi connectivity index (χ0v) is 16.9. The Balaban J connectivity index is 0.00000441. The van der Waals surface area contributed by atoms with Crippen molar-refractivity contribution in [1.29, 1.82) is 0 Å². The molecule has 5 nitrogen and oxygen atoms in total. The molecule has 0 aliphatic heterocycles. The third kappa shape index (κ3) is 9.84. The molecule has 0 unspecified atom stereocenters. The minimum Gasteiger partial charge on any atom is -0.380 e. The van der Waals surface area contributed by atoms with Crippen LogP contribution in [0.3, 0.4) is 0 Å². The fourth-order valence-electron chi connectivity index (χ4n) is 2.85. The predicted molar refractivity (Wildman–Crippen MR) is 105 cm³/mol. The minimum atomic E-state index is 0. The summed E-state index contributed by atoms with van der Waals surface area (Å²) < 4.78 is 5.30. The number of rotatable bonds is 9. The molecular weight excluding hydrogens is 391 g/mol. The summed E-state index contributed by atoms with van der Waals surface area (Å²) in [5, 5.41) is 6.62. The van der Waals surface area contributed by atoms with Gasteiger partial charge in [-0.15, -0.1) is 24.0 Å². The molecule has 0 bridgehead atoms. The smallest absolute Gasteiger partial charge is 0.191 e. The van der Waals surface area contributed by atoms with Crippen LogP contribution in [0.5, 0.6) is 0 Å². The van der Waals surface area contributed by atoms with Crippen LogP contribution in [0.15, 0.2) is 4.99 Å². The average molecular weight is 426 g/mol. The monoisotopic (exact) mass is 426 g/mol. The Bertz CT molecular complexity index is 283.